The molecule has 0 radical (unpaired) electrons. The molecule has 6 heteroatoms. The summed E-state index contributed by atoms with van der Waals surface area (Å²) >= 11 is 3.18. The van der Waals surface area contributed by atoms with Gasteiger partial charge in [0, 0.05) is 0 Å². The molecule has 1 aliphatic heterocycles. The molecule has 0 saturated carbocycles. The minimum absolute atomic E-state index is 0.161. The fourth-order valence-electron chi connectivity index (χ4n) is 1.82. The third-order valence-electron chi connectivity index (χ3n) is 2.63. The van der Waals surface area contributed by atoms with Crippen molar-refractivity contribution in [3.63, 3.8) is 0 Å². The van der Waals surface area contributed by atoms with Gasteiger partial charge in [-0.2, -0.15) is 0 Å². The lowest BCUT2D eigenvalue weighted by Crippen LogP contribution is -2.19. The van der Waals surface area contributed by atoms with Crippen LogP contribution >= 0.6 is 15.9 Å². The number of halogens is 1. The molecule has 1 fully saturated rings. The number of hydrogen-bond donors (Lipinski definition) is 1. The van der Waals surface area contributed by atoms with E-state index in [0.29, 0.717) is 4.60 Å². The van der Waals surface area contributed by atoms with E-state index in [0.717, 1.165) is 19.5 Å². The SMILES string of the molecule is O=S(=O)(C[C@H]1CCNC1)c1cccc(Br)n1. The first-order valence-electron chi connectivity index (χ1n) is 5.14. The minimum Gasteiger partial charge on any atom is -0.316 e. The van der Waals surface area contributed by atoms with Crippen molar-refractivity contribution < 1.29 is 8.42 Å². The molecule has 1 aromatic rings. The van der Waals surface area contributed by atoms with Crippen LogP contribution < -0.4 is 5.32 Å². The fraction of sp³-hybridized carbons (Fsp3) is 0.500. The Hall–Kier alpha value is -0.460. The van der Waals surface area contributed by atoms with Crippen LogP contribution in [0.5, 0.6) is 0 Å². The van der Waals surface area contributed by atoms with Gasteiger partial charge >= 0.3 is 0 Å². The minimum atomic E-state index is -3.25. The van der Waals surface area contributed by atoms with Crippen molar-refractivity contribution in [2.45, 2.75) is 11.4 Å². The van der Waals surface area contributed by atoms with Crippen molar-refractivity contribution in [1.82, 2.24) is 10.3 Å². The lowest BCUT2D eigenvalue weighted by molar-refractivity contribution is 0.567. The zero-order valence-corrected chi connectivity index (χ0v) is 11.1. The van der Waals surface area contributed by atoms with E-state index < -0.39 is 9.84 Å². The number of nitrogens with one attached hydrogen (secondary N) is 1. The quantitative estimate of drug-likeness (QED) is 0.853. The Morgan fingerprint density at radius 2 is 2.31 bits per heavy atom. The van der Waals surface area contributed by atoms with Crippen LogP contribution in [0.4, 0.5) is 0 Å². The molecule has 0 aromatic carbocycles. The Kier molecular flexibility index (Phi) is 3.61. The van der Waals surface area contributed by atoms with Crippen LogP contribution in [0.1, 0.15) is 6.42 Å². The molecule has 2 heterocycles. The highest BCUT2D eigenvalue weighted by atomic mass is 79.9. The van der Waals surface area contributed by atoms with E-state index >= 15 is 0 Å². The van der Waals surface area contributed by atoms with Crippen molar-refractivity contribution >= 4 is 25.8 Å². The Morgan fingerprint density at radius 3 is 2.94 bits per heavy atom. The maximum atomic E-state index is 12.0. The third kappa shape index (κ3) is 2.81. The molecule has 16 heavy (non-hydrogen) atoms. The summed E-state index contributed by atoms with van der Waals surface area (Å²) in [6, 6.07) is 4.95. The molecular formula is C10H13BrN2O2S. The van der Waals surface area contributed by atoms with Gasteiger partial charge in [-0.1, -0.05) is 6.07 Å². The second-order valence-electron chi connectivity index (χ2n) is 3.94. The van der Waals surface area contributed by atoms with Gasteiger partial charge in [0.2, 0.25) is 0 Å². The number of pyridine rings is 1. The molecule has 0 spiro atoms. The standard InChI is InChI=1S/C10H13BrN2O2S/c11-9-2-1-3-10(13-9)16(14,15)7-8-4-5-12-6-8/h1-3,8,12H,4-7H2/t8-/m0/s1. The molecule has 1 aliphatic rings. The third-order valence-corrected chi connectivity index (χ3v) is 4.84. The van der Waals surface area contributed by atoms with Gasteiger partial charge < -0.3 is 5.32 Å². The molecule has 0 bridgehead atoms. The van der Waals surface area contributed by atoms with Gasteiger partial charge in [-0.3, -0.25) is 0 Å². The Labute approximate surface area is 104 Å². The highest BCUT2D eigenvalue weighted by molar-refractivity contribution is 9.10. The normalized spacial score (nSPS) is 21.2. The van der Waals surface area contributed by atoms with Gasteiger partial charge in [0.15, 0.2) is 14.9 Å². The van der Waals surface area contributed by atoms with Gasteiger partial charge in [0.05, 0.1) is 5.75 Å². The fourth-order valence-corrected chi connectivity index (χ4v) is 3.88. The van der Waals surface area contributed by atoms with E-state index in [1.54, 1.807) is 18.2 Å². The molecule has 2 rings (SSSR count). The summed E-state index contributed by atoms with van der Waals surface area (Å²) in [6.07, 6.45) is 0.924. The number of rotatable bonds is 3. The maximum Gasteiger partial charge on any atom is 0.195 e. The first kappa shape index (κ1) is 12.0. The second kappa shape index (κ2) is 4.81. The van der Waals surface area contributed by atoms with Crippen LogP contribution in [0.2, 0.25) is 0 Å². The topological polar surface area (TPSA) is 59.1 Å². The summed E-state index contributed by atoms with van der Waals surface area (Å²) in [5.41, 5.74) is 0. The van der Waals surface area contributed by atoms with E-state index in [4.69, 9.17) is 0 Å². The molecule has 0 unspecified atom stereocenters. The molecule has 1 saturated heterocycles. The summed E-state index contributed by atoms with van der Waals surface area (Å²) in [5, 5.41) is 3.32. The number of nitrogens with zero attached hydrogens (tertiary/aromatic N) is 1. The van der Waals surface area contributed by atoms with Gasteiger partial charge in [-0.15, -0.1) is 0 Å². The van der Waals surface area contributed by atoms with Crippen molar-refractivity contribution in [3.8, 4) is 0 Å². The van der Waals surface area contributed by atoms with E-state index in [1.165, 1.54) is 0 Å². The average molecular weight is 305 g/mol. The number of sulfone groups is 1. The molecule has 1 atom stereocenters. The first-order chi connectivity index (χ1) is 7.58. The summed E-state index contributed by atoms with van der Waals surface area (Å²) in [6.45, 7) is 1.69. The summed E-state index contributed by atoms with van der Waals surface area (Å²) < 4.78 is 24.6. The molecule has 1 aromatic heterocycles. The van der Waals surface area contributed by atoms with E-state index in [9.17, 15) is 8.42 Å². The Balaban J connectivity index is 2.18. The van der Waals surface area contributed by atoms with Gasteiger partial charge in [-0.25, -0.2) is 13.4 Å². The summed E-state index contributed by atoms with van der Waals surface area (Å²) in [5.74, 6) is 0.398. The van der Waals surface area contributed by atoms with Crippen LogP contribution in [0.25, 0.3) is 0 Å². The van der Waals surface area contributed by atoms with Gasteiger partial charge in [0.1, 0.15) is 4.60 Å². The van der Waals surface area contributed by atoms with Crippen molar-refractivity contribution in [3.05, 3.63) is 22.8 Å². The highest BCUT2D eigenvalue weighted by Gasteiger charge is 2.24. The smallest absolute Gasteiger partial charge is 0.195 e. The Bertz CT molecular complexity index is 469. The lowest BCUT2D eigenvalue weighted by atomic mass is 10.2. The molecule has 0 aliphatic carbocycles. The van der Waals surface area contributed by atoms with Gasteiger partial charge in [-0.05, 0) is 53.5 Å². The predicted octanol–water partition coefficient (Wildman–Crippen LogP) is 1.23. The molecule has 1 N–H and O–H groups in total. The van der Waals surface area contributed by atoms with Crippen molar-refractivity contribution in [2.24, 2.45) is 5.92 Å². The first-order valence-corrected chi connectivity index (χ1v) is 7.58. The average Bonchev–Trinajstić information content (AvgIpc) is 2.70. The Morgan fingerprint density at radius 1 is 1.50 bits per heavy atom. The van der Waals surface area contributed by atoms with Crippen LogP contribution in [0.15, 0.2) is 27.8 Å². The van der Waals surface area contributed by atoms with Crippen molar-refractivity contribution in [2.75, 3.05) is 18.8 Å². The van der Waals surface area contributed by atoms with Crippen LogP contribution in [-0.2, 0) is 9.84 Å². The number of hydrogen-bond acceptors (Lipinski definition) is 4. The second-order valence-corrected chi connectivity index (χ2v) is 6.73. The van der Waals surface area contributed by atoms with Crippen LogP contribution in [-0.4, -0.2) is 32.2 Å². The largest absolute Gasteiger partial charge is 0.316 e. The lowest BCUT2D eigenvalue weighted by Gasteiger charge is -2.08. The predicted molar refractivity (Wildman–Crippen MR) is 65.0 cm³/mol. The molecular weight excluding hydrogens is 292 g/mol. The van der Waals surface area contributed by atoms with Crippen molar-refractivity contribution in [1.29, 1.82) is 0 Å². The zero-order chi connectivity index (χ0) is 11.6. The van der Waals surface area contributed by atoms with Crippen LogP contribution in [0.3, 0.4) is 0 Å². The van der Waals surface area contributed by atoms with Gasteiger partial charge in [0.25, 0.3) is 0 Å². The monoisotopic (exact) mass is 304 g/mol. The van der Waals surface area contributed by atoms with Crippen LogP contribution in [0, 0.1) is 5.92 Å². The van der Waals surface area contributed by atoms with E-state index in [2.05, 4.69) is 26.2 Å². The molecule has 88 valence electrons. The summed E-state index contributed by atoms with van der Waals surface area (Å²) in [7, 11) is -3.25. The van der Waals surface area contributed by atoms with E-state index in [-0.39, 0.29) is 16.7 Å². The zero-order valence-electron chi connectivity index (χ0n) is 8.69. The molecule has 0 amide bonds. The maximum absolute atomic E-state index is 12.0. The highest BCUT2D eigenvalue weighted by Crippen LogP contribution is 2.17. The number of aromatic nitrogens is 1. The summed E-state index contributed by atoms with van der Waals surface area (Å²) in [4.78, 5) is 4.00. The van der Waals surface area contributed by atoms with E-state index in [1.807, 2.05) is 0 Å². The molecule has 4 nitrogen and oxygen atoms in total.